The number of quaternary nitrogens is 2. The van der Waals surface area contributed by atoms with Gasteiger partial charge in [0.05, 0.1) is 73.9 Å². The maximum absolute atomic E-state index is 14.4. The first-order valence-corrected chi connectivity index (χ1v) is 14.7. The predicted molar refractivity (Wildman–Crippen MR) is 158 cm³/mol. The van der Waals surface area contributed by atoms with Gasteiger partial charge in [-0.2, -0.15) is 9.29 Å². The molecule has 0 aliphatic heterocycles. The van der Waals surface area contributed by atoms with Gasteiger partial charge in [-0.15, -0.1) is 0 Å². The monoisotopic (exact) mass is 576 g/mol. The number of nitrogens with one attached hydrogen (secondary N) is 2. The number of benzene rings is 3. The Bertz CT molecular complexity index is 1490. The Hall–Kier alpha value is -3.70. The number of phenols is 2. The third-order valence-corrected chi connectivity index (χ3v) is 9.53. The second-order valence-electron chi connectivity index (χ2n) is 13.0. The number of hydrogen-bond donors (Lipinski definition) is 6. The van der Waals surface area contributed by atoms with E-state index in [2.05, 4.69) is 10.6 Å². The number of likely N-dealkylation sites (N-methyl/N-ethyl adjacent to an activating group) is 2. The first-order valence-electron chi connectivity index (χ1n) is 14.7. The second-order valence-corrected chi connectivity index (χ2v) is 13.0. The number of anilines is 2. The first kappa shape index (κ1) is 28.4. The van der Waals surface area contributed by atoms with Crippen LogP contribution in [0.1, 0.15) is 70.4 Å². The highest BCUT2D eigenvalue weighted by Gasteiger charge is 2.45. The van der Waals surface area contributed by atoms with E-state index in [9.17, 15) is 30.2 Å². The van der Waals surface area contributed by atoms with Crippen molar-refractivity contribution in [3.63, 3.8) is 0 Å². The topological polar surface area (TPSA) is 139 Å². The molecule has 222 valence electrons. The van der Waals surface area contributed by atoms with Crippen LogP contribution in [0.5, 0.6) is 11.5 Å². The number of carbonyl (C=O) groups excluding carboxylic acids is 2. The van der Waals surface area contributed by atoms with Crippen LogP contribution in [0.15, 0.2) is 36.4 Å². The standard InChI is InChI=1S/C32H38N4O6/c1-35(2,41)21-13-7-11-19(21)33-29-17-9-5-6-10-18(17)30(34-20-12-8-14-22(20)36(3,4)42)28-27(29)31(39)25-23(37)15-16-24(38)26(25)32(28)40/h5-6,9-10,15-16,19-22,41-42H,7-8,11-14H2,1-4H3,(H2-2,33,34,37,38,39,40)/p+2/t19?,20?,21-,22+. The van der Waals surface area contributed by atoms with Crippen molar-refractivity contribution in [1.82, 2.24) is 0 Å². The normalized spacial score (nSPS) is 24.1. The number of hydroxylamine groups is 6. The average Bonchev–Trinajstić information content (AvgIpc) is 3.59. The summed E-state index contributed by atoms with van der Waals surface area (Å²) in [6.45, 7) is 0. The van der Waals surface area contributed by atoms with Crippen LogP contribution in [0.4, 0.5) is 11.4 Å². The summed E-state index contributed by atoms with van der Waals surface area (Å²) in [4.78, 5) is 28.7. The van der Waals surface area contributed by atoms with Gasteiger partial charge < -0.3 is 20.8 Å². The molecule has 6 N–H and O–H groups in total. The van der Waals surface area contributed by atoms with E-state index in [0.29, 0.717) is 11.4 Å². The zero-order chi connectivity index (χ0) is 30.1. The van der Waals surface area contributed by atoms with Crippen LogP contribution in [-0.4, -0.2) is 93.8 Å². The van der Waals surface area contributed by atoms with E-state index in [4.69, 9.17) is 0 Å². The zero-order valence-corrected chi connectivity index (χ0v) is 24.5. The molecule has 0 heterocycles. The fourth-order valence-electron chi connectivity index (χ4n) is 7.58. The number of phenolic OH excluding ortho intramolecular Hbond substituents is 2. The fraction of sp³-hybridized carbons (Fsp3) is 0.438. The van der Waals surface area contributed by atoms with Gasteiger partial charge in [0.2, 0.25) is 11.6 Å². The molecular weight excluding hydrogens is 536 g/mol. The minimum Gasteiger partial charge on any atom is -0.507 e. The highest BCUT2D eigenvalue weighted by molar-refractivity contribution is 6.36. The molecule has 0 saturated heterocycles. The minimum absolute atomic E-state index is 0.135. The number of fused-ring (bicyclic) bond motifs is 3. The molecular formula is C32H40N4O6+2. The molecule has 0 spiro atoms. The molecule has 3 aliphatic carbocycles. The molecule has 3 aromatic carbocycles. The Morgan fingerprint density at radius 3 is 1.36 bits per heavy atom. The van der Waals surface area contributed by atoms with E-state index < -0.39 is 11.6 Å². The van der Waals surface area contributed by atoms with Gasteiger partial charge in [0.25, 0.3) is 0 Å². The van der Waals surface area contributed by atoms with Crippen molar-refractivity contribution >= 4 is 33.7 Å². The van der Waals surface area contributed by atoms with Crippen molar-refractivity contribution in [3.8, 4) is 11.5 Å². The van der Waals surface area contributed by atoms with Crippen molar-refractivity contribution in [2.45, 2.75) is 62.7 Å². The summed E-state index contributed by atoms with van der Waals surface area (Å²) in [6, 6.07) is 9.37. The Morgan fingerprint density at radius 1 is 0.619 bits per heavy atom. The van der Waals surface area contributed by atoms with Crippen LogP contribution >= 0.6 is 0 Å². The molecule has 2 saturated carbocycles. The van der Waals surface area contributed by atoms with Crippen molar-refractivity contribution in [2.24, 2.45) is 0 Å². The number of rotatable bonds is 6. The van der Waals surface area contributed by atoms with E-state index >= 15 is 0 Å². The SMILES string of the molecule is C[N+](C)(O)[C@@H]1CCCC1Nc1c2c(c(NC3CCC[C@@H]3[N+](C)(C)O)c3ccccc13)C(=O)c1c(O)ccc(O)c1C2=O. The van der Waals surface area contributed by atoms with Crippen molar-refractivity contribution in [3.05, 3.63) is 58.7 Å². The van der Waals surface area contributed by atoms with Gasteiger partial charge in [0.1, 0.15) is 23.6 Å². The van der Waals surface area contributed by atoms with Crippen LogP contribution in [0.25, 0.3) is 10.8 Å². The summed E-state index contributed by atoms with van der Waals surface area (Å²) >= 11 is 0. The largest absolute Gasteiger partial charge is 0.507 e. The van der Waals surface area contributed by atoms with Gasteiger partial charge in [-0.3, -0.25) is 9.59 Å². The van der Waals surface area contributed by atoms with Gasteiger partial charge in [-0.1, -0.05) is 24.3 Å². The number of aromatic hydroxyl groups is 2. The smallest absolute Gasteiger partial charge is 0.200 e. The number of nitrogens with zero attached hydrogens (tertiary/aromatic N) is 2. The molecule has 2 fully saturated rings. The van der Waals surface area contributed by atoms with Gasteiger partial charge >= 0.3 is 0 Å². The number of carbonyl (C=O) groups is 2. The molecule has 0 bridgehead atoms. The van der Waals surface area contributed by atoms with Crippen LogP contribution in [0, 0.1) is 0 Å². The molecule has 6 rings (SSSR count). The third kappa shape index (κ3) is 4.50. The molecule has 0 aromatic heterocycles. The van der Waals surface area contributed by atoms with E-state index in [1.807, 2.05) is 24.3 Å². The molecule has 3 aliphatic rings. The van der Waals surface area contributed by atoms with E-state index in [1.54, 1.807) is 28.2 Å². The lowest BCUT2D eigenvalue weighted by Crippen LogP contribution is -2.52. The summed E-state index contributed by atoms with van der Waals surface area (Å²) < 4.78 is -0.472. The Balaban J connectivity index is 1.62. The minimum atomic E-state index is -0.558. The van der Waals surface area contributed by atoms with Crippen molar-refractivity contribution < 1.29 is 39.5 Å². The fourth-order valence-corrected chi connectivity index (χ4v) is 7.58. The maximum atomic E-state index is 14.4. The van der Waals surface area contributed by atoms with Crippen LogP contribution in [0.2, 0.25) is 0 Å². The van der Waals surface area contributed by atoms with Crippen LogP contribution < -0.4 is 10.6 Å². The zero-order valence-electron chi connectivity index (χ0n) is 24.5. The molecule has 0 amide bonds. The van der Waals surface area contributed by atoms with Gasteiger partial charge in [-0.05, 0) is 37.8 Å². The van der Waals surface area contributed by atoms with E-state index in [0.717, 1.165) is 49.3 Å². The molecule has 4 atom stereocenters. The summed E-state index contributed by atoms with van der Waals surface area (Å²) in [5.74, 6) is -1.86. The maximum Gasteiger partial charge on any atom is 0.200 e. The Labute approximate surface area is 244 Å². The molecule has 0 radical (unpaired) electrons. The van der Waals surface area contributed by atoms with E-state index in [1.165, 1.54) is 12.1 Å². The van der Waals surface area contributed by atoms with E-state index in [-0.39, 0.29) is 67.2 Å². The summed E-state index contributed by atoms with van der Waals surface area (Å²) in [7, 11) is 6.93. The van der Waals surface area contributed by atoms with Gasteiger partial charge in [0.15, 0.2) is 0 Å². The third-order valence-electron chi connectivity index (χ3n) is 9.53. The molecule has 10 nitrogen and oxygen atoms in total. The highest BCUT2D eigenvalue weighted by Crippen LogP contribution is 2.48. The molecule has 2 unspecified atom stereocenters. The lowest BCUT2D eigenvalue weighted by molar-refractivity contribution is -1.09. The first-order chi connectivity index (χ1) is 19.8. The Kier molecular flexibility index (Phi) is 6.73. The van der Waals surface area contributed by atoms with Crippen LogP contribution in [-0.2, 0) is 0 Å². The second kappa shape index (κ2) is 9.95. The molecule has 42 heavy (non-hydrogen) atoms. The Morgan fingerprint density at radius 2 is 1.00 bits per heavy atom. The van der Waals surface area contributed by atoms with Crippen molar-refractivity contribution in [2.75, 3.05) is 38.8 Å². The number of hydrogen-bond acceptors (Lipinski definition) is 8. The lowest BCUT2D eigenvalue weighted by Gasteiger charge is -2.35. The summed E-state index contributed by atoms with van der Waals surface area (Å²) in [5, 5.41) is 51.9. The quantitative estimate of drug-likeness (QED) is 0.0846. The van der Waals surface area contributed by atoms with Crippen molar-refractivity contribution in [1.29, 1.82) is 0 Å². The van der Waals surface area contributed by atoms with Gasteiger partial charge in [-0.25, -0.2) is 10.4 Å². The highest BCUT2D eigenvalue weighted by atomic mass is 16.5. The number of ketones is 2. The van der Waals surface area contributed by atoms with Gasteiger partial charge in [0, 0.05) is 23.6 Å². The summed E-state index contributed by atoms with van der Waals surface area (Å²) in [6.07, 6.45) is 4.93. The average molecular weight is 577 g/mol. The molecule has 10 heteroatoms. The predicted octanol–water partition coefficient (Wildman–Crippen LogP) is 4.62. The lowest BCUT2D eigenvalue weighted by atomic mass is 9.79. The molecule has 3 aromatic rings. The van der Waals surface area contributed by atoms with Crippen LogP contribution in [0.3, 0.4) is 0 Å². The summed E-state index contributed by atoms with van der Waals surface area (Å²) in [5.41, 5.74) is 0.787.